The van der Waals surface area contributed by atoms with Crippen molar-refractivity contribution < 1.29 is 14.7 Å². The number of benzene rings is 1. The van der Waals surface area contributed by atoms with Crippen LogP contribution in [0.15, 0.2) is 53.5 Å². The summed E-state index contributed by atoms with van der Waals surface area (Å²) in [4.78, 5) is 49.0. The van der Waals surface area contributed by atoms with E-state index in [1.807, 2.05) is 7.05 Å². The minimum absolute atomic E-state index is 0.210. The molecule has 1 aromatic carbocycles. The predicted molar refractivity (Wildman–Crippen MR) is 143 cm³/mol. The minimum Gasteiger partial charge on any atom is -0.385 e. The SMILES string of the molecule is C=C(C)C(O)N(C)CCCCC(C=O)NC(=O)c1ccc(NCc2cnc3cc(N)[nH]c(=O)c3n2)cc1. The number of nitrogen functional groups attached to an aromatic ring is 1. The van der Waals surface area contributed by atoms with Gasteiger partial charge in [0.05, 0.1) is 30.0 Å². The van der Waals surface area contributed by atoms with Gasteiger partial charge in [-0.05, 0) is 63.1 Å². The van der Waals surface area contributed by atoms with Crippen LogP contribution in [0.4, 0.5) is 11.5 Å². The molecule has 0 radical (unpaired) electrons. The normalized spacial score (nSPS) is 12.8. The molecule has 0 aliphatic rings. The highest BCUT2D eigenvalue weighted by molar-refractivity contribution is 5.95. The third kappa shape index (κ3) is 7.69. The molecule has 0 saturated heterocycles. The van der Waals surface area contributed by atoms with Crippen molar-refractivity contribution in [2.45, 2.75) is 45.0 Å². The predicted octanol–water partition coefficient (Wildman–Crippen LogP) is 1.81. The van der Waals surface area contributed by atoms with Gasteiger partial charge < -0.3 is 31.3 Å². The number of aromatic amines is 1. The highest BCUT2D eigenvalue weighted by Crippen LogP contribution is 2.13. The zero-order valence-electron chi connectivity index (χ0n) is 21.0. The molecule has 2 unspecified atom stereocenters. The van der Waals surface area contributed by atoms with E-state index in [0.29, 0.717) is 41.9 Å². The lowest BCUT2D eigenvalue weighted by molar-refractivity contribution is -0.109. The van der Waals surface area contributed by atoms with Crippen molar-refractivity contribution in [1.82, 2.24) is 25.2 Å². The zero-order valence-corrected chi connectivity index (χ0v) is 21.0. The average molecular weight is 508 g/mol. The van der Waals surface area contributed by atoms with E-state index >= 15 is 0 Å². The Labute approximate surface area is 214 Å². The monoisotopic (exact) mass is 507 g/mol. The Balaban J connectivity index is 1.48. The number of nitrogens with zero attached hydrogens (tertiary/aromatic N) is 3. The summed E-state index contributed by atoms with van der Waals surface area (Å²) in [6.45, 7) is 6.48. The maximum absolute atomic E-state index is 12.6. The Hall–Kier alpha value is -4.09. The molecule has 0 bridgehead atoms. The smallest absolute Gasteiger partial charge is 0.277 e. The number of amides is 1. The van der Waals surface area contributed by atoms with E-state index in [9.17, 15) is 19.5 Å². The number of pyridine rings is 1. The van der Waals surface area contributed by atoms with Gasteiger partial charge in [-0.2, -0.15) is 0 Å². The van der Waals surface area contributed by atoms with Gasteiger partial charge in [0.15, 0.2) is 5.52 Å². The molecule has 2 heterocycles. The number of rotatable bonds is 13. The Kier molecular flexibility index (Phi) is 9.47. The molecule has 0 saturated carbocycles. The summed E-state index contributed by atoms with van der Waals surface area (Å²) in [6.07, 6.45) is 3.61. The van der Waals surface area contributed by atoms with Crippen LogP contribution in [0.1, 0.15) is 42.2 Å². The summed E-state index contributed by atoms with van der Waals surface area (Å²) in [7, 11) is 1.81. The lowest BCUT2D eigenvalue weighted by Gasteiger charge is -2.23. The van der Waals surface area contributed by atoms with Crippen LogP contribution in [0.3, 0.4) is 0 Å². The summed E-state index contributed by atoms with van der Waals surface area (Å²) in [5.74, 6) is -0.110. The van der Waals surface area contributed by atoms with Crippen LogP contribution in [0.25, 0.3) is 11.0 Å². The Bertz CT molecular complexity index is 1310. The van der Waals surface area contributed by atoms with Gasteiger partial charge >= 0.3 is 0 Å². The molecule has 0 aliphatic carbocycles. The highest BCUT2D eigenvalue weighted by Gasteiger charge is 2.15. The molecule has 3 aromatic rings. The first-order chi connectivity index (χ1) is 17.7. The van der Waals surface area contributed by atoms with E-state index in [4.69, 9.17) is 5.73 Å². The van der Waals surface area contributed by atoms with Crippen LogP contribution in [-0.2, 0) is 11.3 Å². The van der Waals surface area contributed by atoms with E-state index in [0.717, 1.165) is 24.8 Å². The number of fused-ring (bicyclic) bond motifs is 1. The molecule has 6 N–H and O–H groups in total. The number of hydrogen-bond donors (Lipinski definition) is 5. The van der Waals surface area contributed by atoms with Crippen LogP contribution < -0.4 is 21.9 Å². The minimum atomic E-state index is -0.691. The first kappa shape index (κ1) is 27.5. The molecule has 2 atom stereocenters. The first-order valence-corrected chi connectivity index (χ1v) is 12.0. The lowest BCUT2D eigenvalue weighted by Crippen LogP contribution is -2.36. The van der Waals surface area contributed by atoms with Crippen molar-refractivity contribution in [3.8, 4) is 0 Å². The van der Waals surface area contributed by atoms with Gasteiger partial charge in [-0.25, -0.2) is 4.98 Å². The summed E-state index contributed by atoms with van der Waals surface area (Å²) in [6, 6.07) is 7.77. The second-order valence-electron chi connectivity index (χ2n) is 8.99. The number of carbonyl (C=O) groups excluding carboxylic acids is 2. The first-order valence-electron chi connectivity index (χ1n) is 12.0. The van der Waals surface area contributed by atoms with E-state index in [2.05, 4.69) is 32.2 Å². The second kappa shape index (κ2) is 12.7. The molecular weight excluding hydrogens is 474 g/mol. The number of hydrogen-bond acceptors (Lipinski definition) is 9. The van der Waals surface area contributed by atoms with E-state index < -0.39 is 17.8 Å². The number of anilines is 2. The Morgan fingerprint density at radius 3 is 2.70 bits per heavy atom. The molecule has 0 aliphatic heterocycles. The molecule has 1 amide bonds. The second-order valence-corrected chi connectivity index (χ2v) is 8.99. The maximum atomic E-state index is 12.6. The van der Waals surface area contributed by atoms with Crippen LogP contribution in [0, 0.1) is 0 Å². The largest absolute Gasteiger partial charge is 0.385 e. The van der Waals surface area contributed by atoms with E-state index in [1.54, 1.807) is 48.4 Å². The quantitative estimate of drug-likeness (QED) is 0.100. The van der Waals surface area contributed by atoms with Crippen molar-refractivity contribution in [1.29, 1.82) is 0 Å². The van der Waals surface area contributed by atoms with Crippen LogP contribution in [-0.4, -0.2) is 63.0 Å². The van der Waals surface area contributed by atoms with Gasteiger partial charge in [0.2, 0.25) is 0 Å². The molecule has 11 nitrogen and oxygen atoms in total. The van der Waals surface area contributed by atoms with Crippen molar-refractivity contribution in [3.05, 3.63) is 70.3 Å². The Morgan fingerprint density at radius 2 is 2.03 bits per heavy atom. The van der Waals surface area contributed by atoms with Crippen LogP contribution in [0.5, 0.6) is 0 Å². The maximum Gasteiger partial charge on any atom is 0.277 e. The number of aliphatic hydroxyl groups is 1. The van der Waals surface area contributed by atoms with Crippen molar-refractivity contribution in [2.75, 3.05) is 24.6 Å². The van der Waals surface area contributed by atoms with Gasteiger partial charge in [0.25, 0.3) is 11.5 Å². The molecule has 196 valence electrons. The number of likely N-dealkylation sites (N-methyl/N-ethyl adjacent to an activating group) is 1. The van der Waals surface area contributed by atoms with Crippen LogP contribution in [0.2, 0.25) is 0 Å². The number of carbonyl (C=O) groups is 2. The molecule has 0 spiro atoms. The van der Waals surface area contributed by atoms with Crippen molar-refractivity contribution in [3.63, 3.8) is 0 Å². The summed E-state index contributed by atoms with van der Waals surface area (Å²) >= 11 is 0. The fourth-order valence-electron chi connectivity index (χ4n) is 3.75. The van der Waals surface area contributed by atoms with Gasteiger partial charge in [-0.15, -0.1) is 0 Å². The summed E-state index contributed by atoms with van der Waals surface area (Å²) in [5.41, 5.74) is 8.27. The number of unbranched alkanes of at least 4 members (excludes halogenated alkanes) is 1. The molecular formula is C26H33N7O4. The zero-order chi connectivity index (χ0) is 26.9. The lowest BCUT2D eigenvalue weighted by atomic mass is 10.1. The van der Waals surface area contributed by atoms with Gasteiger partial charge in [0.1, 0.15) is 18.3 Å². The molecule has 2 aromatic heterocycles. The molecule has 3 rings (SSSR count). The number of nitrogens with two attached hydrogens (primary N) is 1. The number of aromatic nitrogens is 3. The third-order valence-electron chi connectivity index (χ3n) is 5.85. The third-order valence-corrected chi connectivity index (χ3v) is 5.85. The highest BCUT2D eigenvalue weighted by atomic mass is 16.3. The number of aldehydes is 1. The fraction of sp³-hybridized carbons (Fsp3) is 0.346. The number of nitrogens with one attached hydrogen (secondary N) is 3. The summed E-state index contributed by atoms with van der Waals surface area (Å²) < 4.78 is 0. The number of H-pyrrole nitrogens is 1. The van der Waals surface area contributed by atoms with Crippen LogP contribution >= 0.6 is 0 Å². The van der Waals surface area contributed by atoms with Gasteiger partial charge in [-0.1, -0.05) is 6.58 Å². The number of aliphatic hydroxyl groups excluding tert-OH is 1. The Morgan fingerprint density at radius 1 is 1.30 bits per heavy atom. The summed E-state index contributed by atoms with van der Waals surface area (Å²) in [5, 5.41) is 15.9. The van der Waals surface area contributed by atoms with E-state index in [1.165, 1.54) is 0 Å². The van der Waals surface area contributed by atoms with Crippen molar-refractivity contribution in [2.24, 2.45) is 0 Å². The van der Waals surface area contributed by atoms with Crippen molar-refractivity contribution >= 4 is 34.7 Å². The van der Waals surface area contributed by atoms with Gasteiger partial charge in [-0.3, -0.25) is 19.5 Å². The van der Waals surface area contributed by atoms with Gasteiger partial charge in [0, 0.05) is 23.9 Å². The standard InChI is InChI=1S/C26H33N7O4/c1-16(2)26(37)33(3)11-5-4-6-19(15-34)31-24(35)17-7-9-18(10-8-17)28-13-20-14-29-21-12-22(27)32-25(36)23(21)30-20/h7-10,12,14-15,19,26,28,37H,1,4-6,11,13H2,2-3H3,(H,31,35)(H3,27,32,36). The molecule has 37 heavy (non-hydrogen) atoms. The molecule has 0 fully saturated rings. The van der Waals surface area contributed by atoms with E-state index in [-0.39, 0.29) is 17.2 Å². The topological polar surface area (TPSA) is 166 Å². The average Bonchev–Trinajstić information content (AvgIpc) is 2.88. The fourth-order valence-corrected chi connectivity index (χ4v) is 3.75. The molecule has 11 heteroatoms.